The summed E-state index contributed by atoms with van der Waals surface area (Å²) in [4.78, 5) is 2.52. The molecule has 1 aliphatic carbocycles. The lowest BCUT2D eigenvalue weighted by Gasteiger charge is -2.33. The summed E-state index contributed by atoms with van der Waals surface area (Å²) < 4.78 is 5.43. The number of rotatable bonds is 6. The van der Waals surface area contributed by atoms with E-state index in [-0.39, 0.29) is 12.1 Å². The van der Waals surface area contributed by atoms with Crippen molar-refractivity contribution in [3.05, 3.63) is 0 Å². The summed E-state index contributed by atoms with van der Waals surface area (Å²) in [5.41, 5.74) is -0.0245. The average Bonchev–Trinajstić information content (AvgIpc) is 2.85. The van der Waals surface area contributed by atoms with Crippen LogP contribution >= 0.6 is 0 Å². The molecule has 0 radical (unpaired) electrons. The Morgan fingerprint density at radius 2 is 2.05 bits per heavy atom. The van der Waals surface area contributed by atoms with E-state index in [0.29, 0.717) is 6.04 Å². The molecule has 0 aromatic heterocycles. The fourth-order valence-electron chi connectivity index (χ4n) is 3.69. The lowest BCUT2D eigenvalue weighted by Crippen LogP contribution is -2.48. The van der Waals surface area contributed by atoms with Crippen LogP contribution in [0.2, 0.25) is 0 Å². The molecular formula is C15H30N2O2. The minimum atomic E-state index is -0.0245. The van der Waals surface area contributed by atoms with E-state index in [2.05, 4.69) is 24.2 Å². The normalized spacial score (nSPS) is 33.2. The van der Waals surface area contributed by atoms with E-state index in [1.807, 2.05) is 0 Å². The highest BCUT2D eigenvalue weighted by Gasteiger charge is 2.39. The fraction of sp³-hybridized carbons (Fsp3) is 1.00. The summed E-state index contributed by atoms with van der Waals surface area (Å²) >= 11 is 0. The van der Waals surface area contributed by atoms with Crippen LogP contribution in [0.3, 0.4) is 0 Å². The Labute approximate surface area is 117 Å². The van der Waals surface area contributed by atoms with Gasteiger partial charge in [0.25, 0.3) is 0 Å². The van der Waals surface area contributed by atoms with E-state index in [0.717, 1.165) is 38.5 Å². The van der Waals surface area contributed by atoms with Crippen LogP contribution < -0.4 is 5.32 Å². The van der Waals surface area contributed by atoms with Gasteiger partial charge in [0, 0.05) is 31.3 Å². The van der Waals surface area contributed by atoms with E-state index in [1.54, 1.807) is 0 Å². The van der Waals surface area contributed by atoms with Crippen molar-refractivity contribution in [3.63, 3.8) is 0 Å². The molecule has 0 spiro atoms. The SMILES string of the molecule is CCNC1(CO)CCC(N(C)CC2CCOCC2)C1. The largest absolute Gasteiger partial charge is 0.394 e. The molecule has 2 aliphatic rings. The van der Waals surface area contributed by atoms with Crippen LogP contribution in [0.5, 0.6) is 0 Å². The van der Waals surface area contributed by atoms with Gasteiger partial charge in [0.1, 0.15) is 0 Å². The molecule has 0 bridgehead atoms. The van der Waals surface area contributed by atoms with Crippen LogP contribution in [0.25, 0.3) is 0 Å². The van der Waals surface area contributed by atoms with Crippen molar-refractivity contribution in [2.24, 2.45) is 5.92 Å². The molecule has 1 saturated carbocycles. The standard InChI is InChI=1S/C15H30N2O2/c1-3-16-15(12-18)7-4-14(10-15)17(2)11-13-5-8-19-9-6-13/h13-14,16,18H,3-12H2,1-2H3. The van der Waals surface area contributed by atoms with Crippen LogP contribution in [0.4, 0.5) is 0 Å². The molecule has 2 unspecified atom stereocenters. The molecule has 4 heteroatoms. The topological polar surface area (TPSA) is 44.7 Å². The van der Waals surface area contributed by atoms with Gasteiger partial charge in [-0.3, -0.25) is 0 Å². The number of ether oxygens (including phenoxy) is 1. The van der Waals surface area contributed by atoms with Gasteiger partial charge in [-0.15, -0.1) is 0 Å². The maximum atomic E-state index is 9.67. The van der Waals surface area contributed by atoms with Crippen molar-refractivity contribution >= 4 is 0 Å². The summed E-state index contributed by atoms with van der Waals surface area (Å²) in [6, 6.07) is 0.619. The van der Waals surface area contributed by atoms with Crippen molar-refractivity contribution in [1.29, 1.82) is 0 Å². The van der Waals surface area contributed by atoms with Gasteiger partial charge in [-0.05, 0) is 51.6 Å². The smallest absolute Gasteiger partial charge is 0.0613 e. The zero-order chi connectivity index (χ0) is 13.7. The lowest BCUT2D eigenvalue weighted by molar-refractivity contribution is 0.0495. The number of aliphatic hydroxyl groups excluding tert-OH is 1. The molecule has 0 aromatic rings. The first-order valence-corrected chi connectivity index (χ1v) is 7.83. The quantitative estimate of drug-likeness (QED) is 0.762. The minimum absolute atomic E-state index is 0.0245. The third-order valence-electron chi connectivity index (χ3n) is 4.95. The Hall–Kier alpha value is -0.160. The van der Waals surface area contributed by atoms with Crippen molar-refractivity contribution in [2.45, 2.75) is 50.6 Å². The van der Waals surface area contributed by atoms with E-state index in [1.165, 1.54) is 25.8 Å². The van der Waals surface area contributed by atoms with Gasteiger partial charge in [0.2, 0.25) is 0 Å². The molecule has 2 N–H and O–H groups in total. The second kappa shape index (κ2) is 7.02. The van der Waals surface area contributed by atoms with Crippen molar-refractivity contribution < 1.29 is 9.84 Å². The number of hydrogen-bond donors (Lipinski definition) is 2. The Kier molecular flexibility index (Phi) is 5.63. The highest BCUT2D eigenvalue weighted by Crippen LogP contribution is 2.33. The fourth-order valence-corrected chi connectivity index (χ4v) is 3.69. The summed E-state index contributed by atoms with van der Waals surface area (Å²) in [6.45, 7) is 6.37. The predicted molar refractivity (Wildman–Crippen MR) is 77.3 cm³/mol. The number of hydrogen-bond acceptors (Lipinski definition) is 4. The molecule has 1 saturated heterocycles. The second-order valence-electron chi connectivity index (χ2n) is 6.36. The zero-order valence-electron chi connectivity index (χ0n) is 12.5. The number of nitrogens with one attached hydrogen (secondary N) is 1. The minimum Gasteiger partial charge on any atom is -0.394 e. The van der Waals surface area contributed by atoms with Crippen LogP contribution in [0.15, 0.2) is 0 Å². The van der Waals surface area contributed by atoms with Gasteiger partial charge in [-0.2, -0.15) is 0 Å². The van der Waals surface area contributed by atoms with Crippen LogP contribution in [-0.2, 0) is 4.74 Å². The third kappa shape index (κ3) is 3.91. The van der Waals surface area contributed by atoms with E-state index >= 15 is 0 Å². The van der Waals surface area contributed by atoms with Gasteiger partial charge in [-0.1, -0.05) is 6.92 Å². The van der Waals surface area contributed by atoms with Gasteiger partial charge in [-0.25, -0.2) is 0 Å². The molecule has 2 rings (SSSR count). The van der Waals surface area contributed by atoms with Crippen LogP contribution in [0.1, 0.15) is 39.0 Å². The maximum absolute atomic E-state index is 9.67. The predicted octanol–water partition coefficient (Wildman–Crippen LogP) is 1.24. The first kappa shape index (κ1) is 15.2. The molecule has 4 nitrogen and oxygen atoms in total. The summed E-state index contributed by atoms with van der Waals surface area (Å²) in [6.07, 6.45) is 5.79. The summed E-state index contributed by atoms with van der Waals surface area (Å²) in [7, 11) is 2.25. The number of aliphatic hydroxyl groups is 1. The maximum Gasteiger partial charge on any atom is 0.0613 e. The first-order chi connectivity index (χ1) is 9.19. The average molecular weight is 270 g/mol. The highest BCUT2D eigenvalue weighted by molar-refractivity contribution is 4.99. The summed E-state index contributed by atoms with van der Waals surface area (Å²) in [5, 5.41) is 13.2. The summed E-state index contributed by atoms with van der Waals surface area (Å²) in [5.74, 6) is 0.794. The lowest BCUT2D eigenvalue weighted by atomic mass is 9.97. The molecule has 0 aromatic carbocycles. The van der Waals surface area contributed by atoms with E-state index in [9.17, 15) is 5.11 Å². The van der Waals surface area contributed by atoms with Gasteiger partial charge < -0.3 is 20.1 Å². The molecular weight excluding hydrogens is 240 g/mol. The molecule has 1 heterocycles. The first-order valence-electron chi connectivity index (χ1n) is 7.83. The Bertz CT molecular complexity index is 269. The zero-order valence-corrected chi connectivity index (χ0v) is 12.5. The molecule has 2 atom stereocenters. The number of nitrogens with zero attached hydrogens (tertiary/aromatic N) is 1. The van der Waals surface area contributed by atoms with E-state index < -0.39 is 0 Å². The molecule has 0 amide bonds. The number of likely N-dealkylation sites (N-methyl/N-ethyl adjacent to an activating group) is 1. The Morgan fingerprint density at radius 1 is 1.32 bits per heavy atom. The molecule has 112 valence electrons. The molecule has 2 fully saturated rings. The van der Waals surface area contributed by atoms with Crippen LogP contribution in [-0.4, -0.2) is 61.5 Å². The van der Waals surface area contributed by atoms with Gasteiger partial charge in [0.05, 0.1) is 6.61 Å². The third-order valence-corrected chi connectivity index (χ3v) is 4.95. The highest BCUT2D eigenvalue weighted by atomic mass is 16.5. The molecule has 19 heavy (non-hydrogen) atoms. The van der Waals surface area contributed by atoms with E-state index in [4.69, 9.17) is 4.74 Å². The second-order valence-corrected chi connectivity index (χ2v) is 6.36. The molecule has 1 aliphatic heterocycles. The Balaban J connectivity index is 1.81. The van der Waals surface area contributed by atoms with Crippen molar-refractivity contribution in [2.75, 3.05) is 40.0 Å². The van der Waals surface area contributed by atoms with Crippen LogP contribution in [0, 0.1) is 5.92 Å². The van der Waals surface area contributed by atoms with Crippen molar-refractivity contribution in [1.82, 2.24) is 10.2 Å². The van der Waals surface area contributed by atoms with Gasteiger partial charge >= 0.3 is 0 Å². The van der Waals surface area contributed by atoms with Crippen molar-refractivity contribution in [3.8, 4) is 0 Å². The Morgan fingerprint density at radius 3 is 2.68 bits per heavy atom. The van der Waals surface area contributed by atoms with Gasteiger partial charge in [0.15, 0.2) is 0 Å². The monoisotopic (exact) mass is 270 g/mol.